The number of rotatable bonds is 8. The van der Waals surface area contributed by atoms with Crippen LogP contribution in [0.3, 0.4) is 0 Å². The summed E-state index contributed by atoms with van der Waals surface area (Å²) >= 11 is 6.07. The number of hydrogen-bond acceptors (Lipinski definition) is 3. The number of amides is 1. The van der Waals surface area contributed by atoms with E-state index < -0.39 is 29.7 Å². The summed E-state index contributed by atoms with van der Waals surface area (Å²) in [6, 6.07) is 10.2. The molecule has 2 aromatic carbocycles. The predicted molar refractivity (Wildman–Crippen MR) is 118 cm³/mol. The third kappa shape index (κ3) is 4.77. The van der Waals surface area contributed by atoms with Crippen molar-refractivity contribution in [3.63, 3.8) is 0 Å². The lowest BCUT2D eigenvalue weighted by Gasteiger charge is -2.41. The Balaban J connectivity index is 2.07. The van der Waals surface area contributed by atoms with Crippen molar-refractivity contribution in [2.45, 2.75) is 63.3 Å². The lowest BCUT2D eigenvalue weighted by atomic mass is 9.94. The molecule has 1 fully saturated rings. The molecule has 0 saturated heterocycles. The molecule has 1 amide bonds. The normalized spacial score (nSPS) is 16.9. The quantitative estimate of drug-likeness (QED) is 0.527. The summed E-state index contributed by atoms with van der Waals surface area (Å²) in [4.78, 5) is 13.2. The van der Waals surface area contributed by atoms with Crippen molar-refractivity contribution in [2.75, 3.05) is 0 Å². The van der Waals surface area contributed by atoms with E-state index in [9.17, 15) is 23.2 Å². The molecule has 0 bridgehead atoms. The molecule has 0 aliphatic heterocycles. The summed E-state index contributed by atoms with van der Waals surface area (Å²) in [5, 5.41) is 10.3. The van der Waals surface area contributed by atoms with Crippen molar-refractivity contribution >= 4 is 17.5 Å². The summed E-state index contributed by atoms with van der Waals surface area (Å²) < 4.78 is 43.3. The van der Waals surface area contributed by atoms with Gasteiger partial charge in [-0.25, -0.2) is 0 Å². The third-order valence-electron chi connectivity index (χ3n) is 5.96. The van der Waals surface area contributed by atoms with Gasteiger partial charge in [0.1, 0.15) is 11.6 Å². The lowest BCUT2D eigenvalue weighted by Crippen LogP contribution is -2.55. The zero-order valence-electron chi connectivity index (χ0n) is 17.9. The molecule has 0 spiro atoms. The number of carbonyl (C=O) groups is 1. The number of carbonyl (C=O) groups excluding carboxylic acids is 1. The molecule has 4 nitrogen and oxygen atoms in total. The smallest absolute Gasteiger partial charge is 0.368 e. The highest BCUT2D eigenvalue weighted by molar-refractivity contribution is 6.31. The molecule has 2 aromatic rings. The molecule has 3 rings (SSSR count). The van der Waals surface area contributed by atoms with E-state index in [4.69, 9.17) is 17.3 Å². The Morgan fingerprint density at radius 3 is 2.25 bits per heavy atom. The maximum atomic E-state index is 14.4. The molecule has 1 saturated carbocycles. The highest BCUT2D eigenvalue weighted by Gasteiger charge is 2.60. The van der Waals surface area contributed by atoms with E-state index in [1.807, 2.05) is 19.1 Å². The predicted octanol–water partition coefficient (Wildman–Crippen LogP) is 5.93. The van der Waals surface area contributed by atoms with Crippen LogP contribution in [-0.2, 0) is 4.79 Å². The maximum Gasteiger partial charge on any atom is 0.408 e. The van der Waals surface area contributed by atoms with Gasteiger partial charge in [0.05, 0.1) is 12.1 Å². The fraction of sp³-hybridized carbons (Fsp3) is 0.417. The van der Waals surface area contributed by atoms with E-state index in [-0.39, 0.29) is 24.8 Å². The first-order valence-corrected chi connectivity index (χ1v) is 10.8. The number of benzene rings is 2. The van der Waals surface area contributed by atoms with Crippen LogP contribution in [0.5, 0.6) is 0 Å². The van der Waals surface area contributed by atoms with Gasteiger partial charge in [-0.15, -0.1) is 0 Å². The summed E-state index contributed by atoms with van der Waals surface area (Å²) in [6.07, 6.45) is -3.55. The van der Waals surface area contributed by atoms with Gasteiger partial charge in [0.15, 0.2) is 0 Å². The van der Waals surface area contributed by atoms with E-state index in [1.165, 1.54) is 12.1 Å². The molecule has 170 valence electrons. The first kappa shape index (κ1) is 24.1. The summed E-state index contributed by atoms with van der Waals surface area (Å²) in [6.45, 7) is 3.62. The van der Waals surface area contributed by atoms with E-state index in [0.29, 0.717) is 11.4 Å². The summed E-state index contributed by atoms with van der Waals surface area (Å²) in [7, 11) is 0. The molecule has 0 heterocycles. The number of alkyl halides is 3. The average molecular weight is 464 g/mol. The fourth-order valence-corrected chi connectivity index (χ4v) is 4.27. The van der Waals surface area contributed by atoms with E-state index in [1.54, 1.807) is 31.2 Å². The van der Waals surface area contributed by atoms with Crippen molar-refractivity contribution < 1.29 is 18.0 Å². The number of primary amides is 1. The lowest BCUT2D eigenvalue weighted by molar-refractivity contribution is -0.199. The molecule has 8 heteroatoms. The van der Waals surface area contributed by atoms with Crippen molar-refractivity contribution in [2.24, 2.45) is 5.73 Å². The van der Waals surface area contributed by atoms with Crippen LogP contribution in [0.4, 0.5) is 13.2 Å². The van der Waals surface area contributed by atoms with Crippen LogP contribution >= 0.6 is 11.6 Å². The molecule has 0 aromatic heterocycles. The maximum absolute atomic E-state index is 14.4. The molecular weight excluding hydrogens is 439 g/mol. The number of hydrogen-bond donors (Lipinski definition) is 1. The number of nitrogens with two attached hydrogens (primary N) is 1. The van der Waals surface area contributed by atoms with Gasteiger partial charge in [0.2, 0.25) is 5.91 Å². The highest BCUT2D eigenvalue weighted by Crippen LogP contribution is 2.51. The van der Waals surface area contributed by atoms with Crippen molar-refractivity contribution in [3.05, 3.63) is 58.6 Å². The average Bonchev–Trinajstić information content (AvgIpc) is 3.53. The number of aryl methyl sites for hydroxylation is 1. The third-order valence-corrected chi connectivity index (χ3v) is 6.38. The zero-order valence-corrected chi connectivity index (χ0v) is 18.7. The van der Waals surface area contributed by atoms with Gasteiger partial charge in [0, 0.05) is 5.02 Å². The largest absolute Gasteiger partial charge is 0.408 e. The van der Waals surface area contributed by atoms with Crippen molar-refractivity contribution in [1.29, 1.82) is 5.26 Å². The Kier molecular flexibility index (Phi) is 6.87. The topological polar surface area (TPSA) is 70.1 Å². The number of nitrogens with zero attached hydrogens (tertiary/aromatic N) is 2. The van der Waals surface area contributed by atoms with Gasteiger partial charge in [-0.2, -0.15) is 18.4 Å². The first-order valence-electron chi connectivity index (χ1n) is 10.5. The standard InChI is InChI=1S/C24H25ClF3N3O/c1-3-4-20(22(30)32)31(23(14-29)11-12-23)21(24(26,27)28)17-7-5-16(6-8-17)18-9-10-19(25)15(2)13-18/h5-10,13,20-21H,3-4,11-12H2,1-2H3,(H2,30,32)/t20-,21-/m0/s1. The Morgan fingerprint density at radius 1 is 1.22 bits per heavy atom. The molecule has 32 heavy (non-hydrogen) atoms. The second kappa shape index (κ2) is 9.13. The van der Waals surface area contributed by atoms with Crippen LogP contribution < -0.4 is 5.73 Å². The van der Waals surface area contributed by atoms with Crippen molar-refractivity contribution in [3.8, 4) is 17.2 Å². The van der Waals surface area contributed by atoms with Crippen LogP contribution in [0.2, 0.25) is 5.02 Å². The van der Waals surface area contributed by atoms with Crippen LogP contribution in [0, 0.1) is 18.3 Å². The Bertz CT molecular complexity index is 1030. The Labute approximate surface area is 190 Å². The minimum absolute atomic E-state index is 0.0317. The van der Waals surface area contributed by atoms with E-state index in [0.717, 1.165) is 21.6 Å². The molecule has 2 atom stereocenters. The molecule has 0 unspecified atom stereocenters. The second-order valence-corrected chi connectivity index (χ2v) is 8.69. The zero-order chi connectivity index (χ0) is 23.7. The van der Waals surface area contributed by atoms with Crippen LogP contribution in [0.1, 0.15) is 49.8 Å². The molecule has 1 aliphatic carbocycles. The van der Waals surface area contributed by atoms with Gasteiger partial charge in [-0.05, 0) is 60.6 Å². The highest BCUT2D eigenvalue weighted by atomic mass is 35.5. The second-order valence-electron chi connectivity index (χ2n) is 8.29. The SMILES string of the molecule is CCC[C@@H](C(N)=O)N([C@@H](c1ccc(-c2ccc(Cl)c(C)c2)cc1)C(F)(F)F)C1(C#N)CC1. The minimum atomic E-state index is -4.70. The van der Waals surface area contributed by atoms with Crippen LogP contribution in [-0.4, -0.2) is 28.6 Å². The fourth-order valence-electron chi connectivity index (χ4n) is 4.15. The van der Waals surface area contributed by atoms with Gasteiger partial charge in [-0.1, -0.05) is 55.3 Å². The van der Waals surface area contributed by atoms with E-state index in [2.05, 4.69) is 0 Å². The van der Waals surface area contributed by atoms with Gasteiger partial charge in [0.25, 0.3) is 0 Å². The Morgan fingerprint density at radius 2 is 1.81 bits per heavy atom. The summed E-state index contributed by atoms with van der Waals surface area (Å²) in [5.41, 5.74) is 6.57. The van der Waals surface area contributed by atoms with Gasteiger partial charge < -0.3 is 5.73 Å². The van der Waals surface area contributed by atoms with Crippen molar-refractivity contribution in [1.82, 2.24) is 4.90 Å². The number of halogens is 4. The first-order chi connectivity index (χ1) is 15.0. The summed E-state index contributed by atoms with van der Waals surface area (Å²) in [5.74, 6) is -0.851. The molecular formula is C24H25ClF3N3O. The number of nitriles is 1. The van der Waals surface area contributed by atoms with Gasteiger partial charge >= 0.3 is 6.18 Å². The van der Waals surface area contributed by atoms with E-state index >= 15 is 0 Å². The molecule has 0 radical (unpaired) electrons. The molecule has 1 aliphatic rings. The van der Waals surface area contributed by atoms with Gasteiger partial charge in [-0.3, -0.25) is 9.69 Å². The van der Waals surface area contributed by atoms with Crippen LogP contribution in [0.15, 0.2) is 42.5 Å². The monoisotopic (exact) mass is 463 g/mol. The van der Waals surface area contributed by atoms with Crippen LogP contribution in [0.25, 0.3) is 11.1 Å². The Hall–Kier alpha value is -2.56. The minimum Gasteiger partial charge on any atom is -0.368 e. The molecule has 2 N–H and O–H groups in total.